The van der Waals surface area contributed by atoms with Gasteiger partial charge in [-0.2, -0.15) is 0 Å². The van der Waals surface area contributed by atoms with Crippen LogP contribution in [0.5, 0.6) is 0 Å². The smallest absolute Gasteiger partial charge is 0.345 e. The molecule has 0 aromatic carbocycles. The first-order valence-electron chi connectivity index (χ1n) is 3.65. The molecular weight excluding hydrogens is 192 g/mol. The Kier molecular flexibility index (Phi) is 1.90. The van der Waals surface area contributed by atoms with Gasteiger partial charge in [0.15, 0.2) is 5.78 Å². The molecule has 68 valence electrons. The van der Waals surface area contributed by atoms with E-state index >= 15 is 0 Å². The quantitative estimate of drug-likeness (QED) is 0.735. The molecule has 1 aromatic heterocycles. The molecule has 0 spiro atoms. The third kappa shape index (κ3) is 1.36. The maximum Gasteiger partial charge on any atom is 0.345 e. The molecule has 0 unspecified atom stereocenters. The number of fused-ring (bicyclic) bond motifs is 1. The number of Topliss-reactive ketones (excluding diaryl/α,β-unsaturated/α-hetero) is 1. The van der Waals surface area contributed by atoms with Crippen molar-refractivity contribution in [1.29, 1.82) is 0 Å². The Bertz CT molecular complexity index is 379. The highest BCUT2D eigenvalue weighted by molar-refractivity contribution is 7.16. The van der Waals surface area contributed by atoms with Crippen molar-refractivity contribution in [2.24, 2.45) is 0 Å². The zero-order chi connectivity index (χ0) is 9.42. The number of hydrogen-bond donors (Lipinski definition) is 1. The Labute approximate surface area is 77.8 Å². The van der Waals surface area contributed by atoms with Gasteiger partial charge in [0, 0.05) is 5.56 Å². The highest BCUT2D eigenvalue weighted by Gasteiger charge is 2.22. The fraction of sp³-hybridized carbons (Fsp3) is 0.250. The number of rotatable bonds is 1. The largest absolute Gasteiger partial charge is 0.477 e. The van der Waals surface area contributed by atoms with Gasteiger partial charge in [-0.1, -0.05) is 0 Å². The van der Waals surface area contributed by atoms with Gasteiger partial charge in [-0.25, -0.2) is 4.79 Å². The molecule has 2 rings (SSSR count). The molecule has 0 saturated carbocycles. The van der Waals surface area contributed by atoms with Crippen molar-refractivity contribution >= 4 is 23.1 Å². The van der Waals surface area contributed by atoms with E-state index in [1.54, 1.807) is 0 Å². The van der Waals surface area contributed by atoms with E-state index in [4.69, 9.17) is 9.84 Å². The van der Waals surface area contributed by atoms with Crippen molar-refractivity contribution in [3.63, 3.8) is 0 Å². The Morgan fingerprint density at radius 2 is 2.31 bits per heavy atom. The number of thiophene rings is 1. The third-order valence-electron chi connectivity index (χ3n) is 1.76. The lowest BCUT2D eigenvalue weighted by molar-refractivity contribution is 0.0668. The third-order valence-corrected chi connectivity index (χ3v) is 2.97. The van der Waals surface area contributed by atoms with Crippen molar-refractivity contribution in [3.05, 3.63) is 21.4 Å². The summed E-state index contributed by atoms with van der Waals surface area (Å²) in [5, 5.41) is 8.68. The summed E-state index contributed by atoms with van der Waals surface area (Å²) in [6, 6.07) is 1.50. The fourth-order valence-electron chi connectivity index (χ4n) is 1.20. The first kappa shape index (κ1) is 8.40. The topological polar surface area (TPSA) is 63.6 Å². The minimum atomic E-state index is -0.993. The highest BCUT2D eigenvalue weighted by atomic mass is 32.1. The minimum Gasteiger partial charge on any atom is -0.477 e. The summed E-state index contributed by atoms with van der Waals surface area (Å²) in [4.78, 5) is 22.5. The van der Waals surface area contributed by atoms with Crippen LogP contribution < -0.4 is 0 Å². The van der Waals surface area contributed by atoms with Gasteiger partial charge in [0.1, 0.15) is 11.5 Å². The Hall–Kier alpha value is -1.20. The maximum absolute atomic E-state index is 11.2. The molecular formula is C8H6O4S. The van der Waals surface area contributed by atoms with Gasteiger partial charge in [-0.15, -0.1) is 11.3 Å². The van der Waals surface area contributed by atoms with E-state index in [1.165, 1.54) is 6.07 Å². The summed E-state index contributed by atoms with van der Waals surface area (Å²) in [5.41, 5.74) is 0.693. The minimum absolute atomic E-state index is 0.0621. The average Bonchev–Trinajstić information content (AvgIpc) is 2.49. The van der Waals surface area contributed by atoms with Crippen LogP contribution in [0.4, 0.5) is 0 Å². The fourth-order valence-corrected chi connectivity index (χ4v) is 2.13. The second-order valence-electron chi connectivity index (χ2n) is 2.69. The SMILES string of the molecule is O=C(O)c1cc2c(s1)C(=O)COC2. The number of aromatic carboxylic acids is 1. The predicted octanol–water partition coefficient (Wildman–Crippen LogP) is 1.16. The van der Waals surface area contributed by atoms with Crippen molar-refractivity contribution < 1.29 is 19.4 Å². The lowest BCUT2D eigenvalue weighted by atomic mass is 10.2. The molecule has 1 aromatic rings. The van der Waals surface area contributed by atoms with Crippen LogP contribution in [0.2, 0.25) is 0 Å². The number of carboxylic acid groups (broad SMARTS) is 1. The average molecular weight is 198 g/mol. The van der Waals surface area contributed by atoms with Crippen molar-refractivity contribution in [2.45, 2.75) is 6.61 Å². The van der Waals surface area contributed by atoms with Crippen LogP contribution in [-0.4, -0.2) is 23.5 Å². The molecule has 0 bridgehead atoms. The number of hydrogen-bond acceptors (Lipinski definition) is 4. The van der Waals surface area contributed by atoms with Crippen LogP contribution in [0.15, 0.2) is 6.07 Å². The monoisotopic (exact) mass is 198 g/mol. The van der Waals surface area contributed by atoms with E-state index in [-0.39, 0.29) is 17.3 Å². The first-order valence-corrected chi connectivity index (χ1v) is 4.47. The van der Waals surface area contributed by atoms with Gasteiger partial charge in [0.25, 0.3) is 0 Å². The van der Waals surface area contributed by atoms with Crippen molar-refractivity contribution in [1.82, 2.24) is 0 Å². The molecule has 13 heavy (non-hydrogen) atoms. The van der Waals surface area contributed by atoms with E-state index in [0.717, 1.165) is 11.3 Å². The summed E-state index contributed by atoms with van der Waals surface area (Å²) in [6.45, 7) is 0.400. The molecule has 5 heteroatoms. The van der Waals surface area contributed by atoms with E-state index in [0.29, 0.717) is 17.0 Å². The van der Waals surface area contributed by atoms with Crippen LogP contribution in [0.25, 0.3) is 0 Å². The molecule has 2 heterocycles. The number of ketones is 1. The summed E-state index contributed by atoms with van der Waals surface area (Å²) < 4.78 is 4.97. The van der Waals surface area contributed by atoms with E-state index < -0.39 is 5.97 Å². The molecule has 0 fully saturated rings. The molecule has 0 atom stereocenters. The highest BCUT2D eigenvalue weighted by Crippen LogP contribution is 2.26. The lowest BCUT2D eigenvalue weighted by Gasteiger charge is -2.09. The van der Waals surface area contributed by atoms with Crippen LogP contribution in [-0.2, 0) is 11.3 Å². The molecule has 4 nitrogen and oxygen atoms in total. The van der Waals surface area contributed by atoms with Crippen LogP contribution in [0, 0.1) is 0 Å². The van der Waals surface area contributed by atoms with E-state index in [9.17, 15) is 9.59 Å². The molecule has 1 aliphatic heterocycles. The van der Waals surface area contributed by atoms with Crippen molar-refractivity contribution in [2.75, 3.05) is 6.61 Å². The zero-order valence-electron chi connectivity index (χ0n) is 6.57. The number of carbonyl (C=O) groups is 2. The molecule has 1 N–H and O–H groups in total. The molecule has 0 amide bonds. The molecule has 0 aliphatic carbocycles. The normalized spacial score (nSPS) is 15.5. The summed E-state index contributed by atoms with van der Waals surface area (Å²) in [7, 11) is 0. The van der Waals surface area contributed by atoms with Gasteiger partial charge in [0.05, 0.1) is 11.5 Å². The van der Waals surface area contributed by atoms with Crippen LogP contribution in [0.1, 0.15) is 24.9 Å². The Balaban J connectivity index is 2.48. The van der Waals surface area contributed by atoms with Crippen molar-refractivity contribution in [3.8, 4) is 0 Å². The molecule has 0 radical (unpaired) electrons. The Morgan fingerprint density at radius 1 is 1.54 bits per heavy atom. The number of carbonyl (C=O) groups excluding carboxylic acids is 1. The standard InChI is InChI=1S/C8H6O4S/c9-5-3-12-2-4-1-6(8(10)11)13-7(4)5/h1H,2-3H2,(H,10,11). The predicted molar refractivity (Wildman–Crippen MR) is 45.3 cm³/mol. The van der Waals surface area contributed by atoms with E-state index in [1.807, 2.05) is 0 Å². The van der Waals surface area contributed by atoms with Crippen LogP contribution >= 0.6 is 11.3 Å². The molecule has 1 aliphatic rings. The summed E-state index contributed by atoms with van der Waals surface area (Å²) >= 11 is 1.02. The summed E-state index contributed by atoms with van der Waals surface area (Å²) in [5.74, 6) is -1.12. The van der Waals surface area contributed by atoms with Gasteiger partial charge >= 0.3 is 5.97 Å². The number of ether oxygens (including phenoxy) is 1. The maximum atomic E-state index is 11.2. The Morgan fingerprint density at radius 3 is 2.92 bits per heavy atom. The first-order chi connectivity index (χ1) is 6.18. The van der Waals surface area contributed by atoms with E-state index in [2.05, 4.69) is 0 Å². The second kappa shape index (κ2) is 2.93. The van der Waals surface area contributed by atoms with Crippen LogP contribution in [0.3, 0.4) is 0 Å². The summed E-state index contributed by atoms with van der Waals surface area (Å²) in [6.07, 6.45) is 0. The van der Waals surface area contributed by atoms with Gasteiger partial charge in [0.2, 0.25) is 0 Å². The lowest BCUT2D eigenvalue weighted by Crippen LogP contribution is -2.15. The molecule has 0 saturated heterocycles. The zero-order valence-corrected chi connectivity index (χ0v) is 7.39. The second-order valence-corrected chi connectivity index (χ2v) is 3.74. The number of carboxylic acids is 1. The van der Waals surface area contributed by atoms with Gasteiger partial charge in [-0.05, 0) is 6.07 Å². The van der Waals surface area contributed by atoms with Gasteiger partial charge in [-0.3, -0.25) is 4.79 Å². The van der Waals surface area contributed by atoms with Gasteiger partial charge < -0.3 is 9.84 Å².